The maximum absolute atomic E-state index is 13.0. The molecule has 1 atom stereocenters. The molecule has 0 fully saturated rings. The van der Waals surface area contributed by atoms with Crippen molar-refractivity contribution >= 4 is 17.5 Å². The molecule has 35 heavy (non-hydrogen) atoms. The van der Waals surface area contributed by atoms with Crippen LogP contribution in [0.2, 0.25) is 0 Å². The van der Waals surface area contributed by atoms with Gasteiger partial charge < -0.3 is 9.47 Å². The van der Waals surface area contributed by atoms with Gasteiger partial charge in [0.1, 0.15) is 11.5 Å². The van der Waals surface area contributed by atoms with Gasteiger partial charge in [0.2, 0.25) is 6.29 Å². The summed E-state index contributed by atoms with van der Waals surface area (Å²) in [6, 6.07) is 33.2. The molecule has 0 aliphatic carbocycles. The third-order valence-corrected chi connectivity index (χ3v) is 6.58. The number of benzene rings is 4. The van der Waals surface area contributed by atoms with E-state index in [-0.39, 0.29) is 12.1 Å². The fraction of sp³-hybridized carbons (Fsp3) is 0.194. The maximum atomic E-state index is 13.0. The Kier molecular flexibility index (Phi) is 8.63. The lowest BCUT2D eigenvalue weighted by Gasteiger charge is -2.20. The number of carbonyl (C=O) groups is 1. The molecule has 0 amide bonds. The van der Waals surface area contributed by atoms with Crippen molar-refractivity contribution in [3.8, 4) is 11.5 Å². The van der Waals surface area contributed by atoms with Crippen molar-refractivity contribution in [1.82, 2.24) is 0 Å². The van der Waals surface area contributed by atoms with Crippen molar-refractivity contribution in [2.45, 2.75) is 49.2 Å². The second-order valence-corrected chi connectivity index (χ2v) is 9.56. The van der Waals surface area contributed by atoms with Crippen LogP contribution in [-0.4, -0.2) is 12.1 Å². The number of unbranched alkanes of at least 4 members (excludes halogenated alkanes) is 1. The number of ether oxygens (including phenoxy) is 2. The maximum Gasteiger partial charge on any atom is 0.241 e. The predicted octanol–water partition coefficient (Wildman–Crippen LogP) is 8.35. The van der Waals surface area contributed by atoms with Crippen LogP contribution in [0.3, 0.4) is 0 Å². The molecule has 178 valence electrons. The van der Waals surface area contributed by atoms with E-state index in [1.54, 1.807) is 11.8 Å². The quantitative estimate of drug-likeness (QED) is 0.159. The predicted molar refractivity (Wildman–Crippen MR) is 143 cm³/mol. The first-order valence-electron chi connectivity index (χ1n) is 12.0. The lowest BCUT2D eigenvalue weighted by atomic mass is 10.0. The standard InChI is InChI=1S/C31H30O3S/c1-3-4-10-30(33-26-17-11-23(2)12-18-26)34-27-19-13-24(14-20-27)31(32)25-15-21-29(22-16-25)35-28-8-6-5-7-9-28/h5-9,11-22,30H,3-4,10H2,1-2H3. The van der Waals surface area contributed by atoms with Crippen LogP contribution in [0.4, 0.5) is 0 Å². The Hall–Kier alpha value is -3.50. The highest BCUT2D eigenvalue weighted by molar-refractivity contribution is 7.99. The van der Waals surface area contributed by atoms with E-state index in [2.05, 4.69) is 26.0 Å². The van der Waals surface area contributed by atoms with Crippen molar-refractivity contribution in [1.29, 1.82) is 0 Å². The molecular formula is C31H30O3S. The second-order valence-electron chi connectivity index (χ2n) is 8.41. The molecule has 0 heterocycles. The van der Waals surface area contributed by atoms with E-state index in [1.807, 2.05) is 91.0 Å². The van der Waals surface area contributed by atoms with Gasteiger partial charge >= 0.3 is 0 Å². The molecule has 4 aromatic carbocycles. The van der Waals surface area contributed by atoms with Crippen LogP contribution >= 0.6 is 11.8 Å². The van der Waals surface area contributed by atoms with Crippen LogP contribution in [0.25, 0.3) is 0 Å². The lowest BCUT2D eigenvalue weighted by Crippen LogP contribution is -2.24. The first-order chi connectivity index (χ1) is 17.1. The number of hydrogen-bond donors (Lipinski definition) is 0. The van der Waals surface area contributed by atoms with Gasteiger partial charge in [0, 0.05) is 27.3 Å². The topological polar surface area (TPSA) is 35.5 Å². The van der Waals surface area contributed by atoms with E-state index < -0.39 is 0 Å². The average Bonchev–Trinajstić information content (AvgIpc) is 2.90. The van der Waals surface area contributed by atoms with Gasteiger partial charge in [0.05, 0.1) is 0 Å². The number of aryl methyl sites for hydroxylation is 1. The molecule has 4 aromatic rings. The van der Waals surface area contributed by atoms with Crippen molar-refractivity contribution in [3.63, 3.8) is 0 Å². The Labute approximate surface area is 212 Å². The summed E-state index contributed by atoms with van der Waals surface area (Å²) in [5, 5.41) is 0. The van der Waals surface area contributed by atoms with Crippen LogP contribution in [0, 0.1) is 6.92 Å². The zero-order valence-electron chi connectivity index (χ0n) is 20.1. The van der Waals surface area contributed by atoms with Gasteiger partial charge in [0.25, 0.3) is 0 Å². The van der Waals surface area contributed by atoms with Crippen LogP contribution in [-0.2, 0) is 0 Å². The highest BCUT2D eigenvalue weighted by Crippen LogP contribution is 2.28. The molecular weight excluding hydrogens is 452 g/mol. The normalized spacial score (nSPS) is 11.6. The highest BCUT2D eigenvalue weighted by Gasteiger charge is 2.14. The molecule has 0 bridgehead atoms. The fourth-order valence-corrected chi connectivity index (χ4v) is 4.42. The summed E-state index contributed by atoms with van der Waals surface area (Å²) in [6.07, 6.45) is 2.48. The minimum Gasteiger partial charge on any atom is -0.455 e. The Morgan fingerprint density at radius 1 is 0.714 bits per heavy atom. The van der Waals surface area contributed by atoms with Crippen molar-refractivity contribution in [2.75, 3.05) is 0 Å². The molecule has 0 N–H and O–H groups in total. The van der Waals surface area contributed by atoms with E-state index >= 15 is 0 Å². The van der Waals surface area contributed by atoms with Gasteiger partial charge in [-0.15, -0.1) is 0 Å². The van der Waals surface area contributed by atoms with Crippen LogP contribution in [0.5, 0.6) is 11.5 Å². The van der Waals surface area contributed by atoms with Crippen molar-refractivity contribution < 1.29 is 14.3 Å². The van der Waals surface area contributed by atoms with Crippen molar-refractivity contribution in [3.05, 3.63) is 120 Å². The highest BCUT2D eigenvalue weighted by atomic mass is 32.2. The first kappa shape index (κ1) is 24.6. The summed E-state index contributed by atoms with van der Waals surface area (Å²) in [5.41, 5.74) is 2.48. The van der Waals surface area contributed by atoms with Gasteiger partial charge in [-0.3, -0.25) is 4.79 Å². The zero-order valence-corrected chi connectivity index (χ0v) is 21.0. The average molecular weight is 483 g/mol. The minimum atomic E-state index is -0.381. The molecule has 3 nitrogen and oxygen atoms in total. The summed E-state index contributed by atoms with van der Waals surface area (Å²) in [4.78, 5) is 15.3. The molecule has 4 rings (SSSR count). The number of hydrogen-bond acceptors (Lipinski definition) is 4. The molecule has 0 radical (unpaired) electrons. The van der Waals surface area contributed by atoms with E-state index in [4.69, 9.17) is 9.47 Å². The molecule has 0 saturated heterocycles. The Morgan fingerprint density at radius 2 is 1.23 bits per heavy atom. The van der Waals surface area contributed by atoms with E-state index in [0.717, 1.165) is 29.9 Å². The molecule has 0 spiro atoms. The monoisotopic (exact) mass is 482 g/mol. The largest absolute Gasteiger partial charge is 0.455 e. The zero-order chi connectivity index (χ0) is 24.5. The third-order valence-electron chi connectivity index (χ3n) is 5.56. The summed E-state index contributed by atoms with van der Waals surface area (Å²) < 4.78 is 12.2. The van der Waals surface area contributed by atoms with Crippen LogP contribution in [0.1, 0.15) is 47.7 Å². The Morgan fingerprint density at radius 3 is 1.80 bits per heavy atom. The fourth-order valence-electron chi connectivity index (χ4n) is 3.58. The Balaban J connectivity index is 1.39. The molecule has 1 unspecified atom stereocenters. The van der Waals surface area contributed by atoms with Gasteiger partial charge in [-0.25, -0.2) is 0 Å². The van der Waals surface area contributed by atoms with E-state index in [9.17, 15) is 4.79 Å². The molecule has 0 saturated carbocycles. The van der Waals surface area contributed by atoms with Crippen molar-refractivity contribution in [2.24, 2.45) is 0 Å². The summed E-state index contributed by atoms with van der Waals surface area (Å²) >= 11 is 1.68. The van der Waals surface area contributed by atoms with Gasteiger partial charge in [0.15, 0.2) is 5.78 Å². The molecule has 0 aromatic heterocycles. The van der Waals surface area contributed by atoms with Gasteiger partial charge in [-0.2, -0.15) is 0 Å². The van der Waals surface area contributed by atoms with Gasteiger partial charge in [-0.1, -0.05) is 61.0 Å². The summed E-state index contributed by atoms with van der Waals surface area (Å²) in [6.45, 7) is 4.20. The number of carbonyl (C=O) groups excluding carboxylic acids is 1. The van der Waals surface area contributed by atoms with Crippen LogP contribution in [0.15, 0.2) is 113 Å². The minimum absolute atomic E-state index is 0.00810. The number of rotatable bonds is 11. The molecule has 0 aliphatic heterocycles. The molecule has 0 aliphatic rings. The Bertz CT molecular complexity index is 1200. The number of ketones is 1. The van der Waals surface area contributed by atoms with Crippen LogP contribution < -0.4 is 9.47 Å². The summed E-state index contributed by atoms with van der Waals surface area (Å²) in [7, 11) is 0. The van der Waals surface area contributed by atoms with Gasteiger partial charge in [-0.05, 0) is 86.1 Å². The SMILES string of the molecule is CCCCC(Oc1ccc(C)cc1)Oc1ccc(C(=O)c2ccc(Sc3ccccc3)cc2)cc1. The second kappa shape index (κ2) is 12.3. The smallest absolute Gasteiger partial charge is 0.241 e. The van der Waals surface area contributed by atoms with E-state index in [1.165, 1.54) is 10.5 Å². The third kappa shape index (κ3) is 7.24. The summed E-state index contributed by atoms with van der Waals surface area (Å²) in [5.74, 6) is 1.47. The molecule has 4 heteroatoms. The van der Waals surface area contributed by atoms with E-state index in [0.29, 0.717) is 16.9 Å². The first-order valence-corrected chi connectivity index (χ1v) is 12.8. The lowest BCUT2D eigenvalue weighted by molar-refractivity contribution is -0.00213.